The number of hydrogen-bond donors (Lipinski definition) is 0. The normalized spacial score (nSPS) is 16.5. The van der Waals surface area contributed by atoms with Crippen molar-refractivity contribution in [1.29, 1.82) is 0 Å². The second-order valence-corrected chi connectivity index (χ2v) is 8.24. The monoisotopic (exact) mass is 397 g/mol. The fourth-order valence-electron chi connectivity index (χ4n) is 3.14. The Kier molecular flexibility index (Phi) is 6.35. The van der Waals surface area contributed by atoms with E-state index in [1.807, 2.05) is 38.1 Å². The fourth-order valence-corrected chi connectivity index (χ4v) is 4.60. The maximum Gasteiger partial charge on any atom is 0.322 e. The Morgan fingerprint density at radius 2 is 2.14 bits per heavy atom. The largest absolute Gasteiger partial charge is 0.465 e. The second kappa shape index (κ2) is 8.74. The van der Waals surface area contributed by atoms with Crippen molar-refractivity contribution in [2.75, 3.05) is 6.61 Å². The SMILES string of the molecule is C=C/C(F)=C\C=C(/C)c1ccc2nccc(SC3(C(=O)OCC)CCC3)c2c1. The van der Waals surface area contributed by atoms with Crippen molar-refractivity contribution in [1.82, 2.24) is 4.98 Å². The molecule has 0 spiro atoms. The minimum Gasteiger partial charge on any atom is -0.465 e. The molecule has 0 aliphatic heterocycles. The number of carbonyl (C=O) groups is 1. The lowest BCUT2D eigenvalue weighted by atomic mass is 9.84. The smallest absolute Gasteiger partial charge is 0.322 e. The zero-order valence-electron chi connectivity index (χ0n) is 16.2. The lowest BCUT2D eigenvalue weighted by Crippen LogP contribution is -2.43. The minimum atomic E-state index is -0.499. The molecule has 0 atom stereocenters. The number of thioether (sulfide) groups is 1. The van der Waals surface area contributed by atoms with Gasteiger partial charge in [-0.15, -0.1) is 11.8 Å². The van der Waals surface area contributed by atoms with Crippen LogP contribution in [-0.4, -0.2) is 22.3 Å². The zero-order valence-corrected chi connectivity index (χ0v) is 17.0. The summed E-state index contributed by atoms with van der Waals surface area (Å²) >= 11 is 1.58. The van der Waals surface area contributed by atoms with Crippen LogP contribution in [0.15, 0.2) is 66.0 Å². The first kappa shape index (κ1) is 20.3. The number of halogens is 1. The molecule has 0 N–H and O–H groups in total. The highest BCUT2D eigenvalue weighted by molar-refractivity contribution is 8.01. The van der Waals surface area contributed by atoms with Crippen LogP contribution in [0.5, 0.6) is 0 Å². The number of hydrogen-bond acceptors (Lipinski definition) is 4. The molecular formula is C23H24FNO2S. The van der Waals surface area contributed by atoms with E-state index >= 15 is 0 Å². The maximum absolute atomic E-state index is 13.3. The number of allylic oxidation sites excluding steroid dienone is 5. The van der Waals surface area contributed by atoms with Gasteiger partial charge in [-0.05, 0) is 74.6 Å². The average Bonchev–Trinajstić information content (AvgIpc) is 2.68. The summed E-state index contributed by atoms with van der Waals surface area (Å²) in [7, 11) is 0. The van der Waals surface area contributed by atoms with Crippen molar-refractivity contribution in [3.05, 3.63) is 66.7 Å². The molecular weight excluding hydrogens is 373 g/mol. The molecule has 1 aliphatic rings. The number of esters is 1. The van der Waals surface area contributed by atoms with Gasteiger partial charge in [-0.3, -0.25) is 9.78 Å². The van der Waals surface area contributed by atoms with E-state index in [4.69, 9.17) is 4.74 Å². The molecule has 3 nitrogen and oxygen atoms in total. The molecule has 1 aromatic heterocycles. The molecule has 0 amide bonds. The fraction of sp³-hybridized carbons (Fsp3) is 0.304. The summed E-state index contributed by atoms with van der Waals surface area (Å²) in [5, 5.41) is 0.987. The van der Waals surface area contributed by atoms with Crippen LogP contribution in [0.4, 0.5) is 4.39 Å². The molecule has 1 fully saturated rings. The van der Waals surface area contributed by atoms with Crippen molar-refractivity contribution >= 4 is 34.2 Å². The molecule has 1 aromatic carbocycles. The number of fused-ring (bicyclic) bond motifs is 1. The van der Waals surface area contributed by atoms with Gasteiger partial charge in [0.05, 0.1) is 12.1 Å². The van der Waals surface area contributed by atoms with Gasteiger partial charge in [0.2, 0.25) is 0 Å². The summed E-state index contributed by atoms with van der Waals surface area (Å²) in [6, 6.07) is 7.93. The first-order chi connectivity index (χ1) is 13.5. The van der Waals surface area contributed by atoms with E-state index < -0.39 is 4.75 Å². The molecule has 3 rings (SSSR count). The number of benzene rings is 1. The summed E-state index contributed by atoms with van der Waals surface area (Å²) in [6.07, 6.45) is 8.75. The standard InChI is InChI=1S/C23H24FNO2S/c1-4-18(24)9-7-16(3)17-8-10-20-19(15-17)21(11-14-25-20)28-23(12-6-13-23)22(26)27-5-2/h4,7-11,14-15H,1,5-6,12-13H2,2-3H3/b16-7+,18-9+. The van der Waals surface area contributed by atoms with E-state index in [2.05, 4.69) is 11.6 Å². The summed E-state index contributed by atoms with van der Waals surface area (Å²) in [6.45, 7) is 7.58. The average molecular weight is 398 g/mol. The van der Waals surface area contributed by atoms with Gasteiger partial charge in [-0.25, -0.2) is 4.39 Å². The Morgan fingerprint density at radius 3 is 2.79 bits per heavy atom. The molecule has 0 bridgehead atoms. The van der Waals surface area contributed by atoms with Gasteiger partial charge in [0.15, 0.2) is 0 Å². The topological polar surface area (TPSA) is 39.2 Å². The van der Waals surface area contributed by atoms with Crippen molar-refractivity contribution in [3.8, 4) is 0 Å². The number of carbonyl (C=O) groups excluding carboxylic acids is 1. The Balaban J connectivity index is 1.97. The van der Waals surface area contributed by atoms with E-state index in [0.29, 0.717) is 6.61 Å². The molecule has 146 valence electrons. The maximum atomic E-state index is 13.3. The number of nitrogens with zero attached hydrogens (tertiary/aromatic N) is 1. The van der Waals surface area contributed by atoms with Crippen LogP contribution in [0.25, 0.3) is 16.5 Å². The van der Waals surface area contributed by atoms with Crippen LogP contribution < -0.4 is 0 Å². The van der Waals surface area contributed by atoms with Gasteiger partial charge in [0, 0.05) is 16.5 Å². The molecule has 1 heterocycles. The van der Waals surface area contributed by atoms with E-state index in [1.165, 1.54) is 12.2 Å². The predicted octanol–water partition coefficient (Wildman–Crippen LogP) is 6.26. The molecule has 1 aliphatic carbocycles. The van der Waals surface area contributed by atoms with Gasteiger partial charge in [0.25, 0.3) is 0 Å². The van der Waals surface area contributed by atoms with Gasteiger partial charge < -0.3 is 4.74 Å². The summed E-state index contributed by atoms with van der Waals surface area (Å²) in [5.74, 6) is -0.507. The number of rotatable bonds is 7. The first-order valence-electron chi connectivity index (χ1n) is 9.41. The lowest BCUT2D eigenvalue weighted by Gasteiger charge is -2.38. The van der Waals surface area contributed by atoms with Gasteiger partial charge >= 0.3 is 5.97 Å². The highest BCUT2D eigenvalue weighted by Gasteiger charge is 2.46. The third-order valence-electron chi connectivity index (χ3n) is 4.96. The molecule has 0 saturated heterocycles. The van der Waals surface area contributed by atoms with Crippen LogP contribution in [0.3, 0.4) is 0 Å². The minimum absolute atomic E-state index is 0.131. The third kappa shape index (κ3) is 4.20. The van der Waals surface area contributed by atoms with Gasteiger partial charge in [-0.2, -0.15) is 0 Å². The molecule has 1 saturated carbocycles. The van der Waals surface area contributed by atoms with Crippen molar-refractivity contribution in [2.45, 2.75) is 42.8 Å². The molecule has 0 unspecified atom stereocenters. The van der Waals surface area contributed by atoms with Crippen molar-refractivity contribution in [2.24, 2.45) is 0 Å². The number of aromatic nitrogens is 1. The number of ether oxygens (including phenoxy) is 1. The Hall–Kier alpha value is -2.40. The van der Waals surface area contributed by atoms with Crippen LogP contribution in [0, 0.1) is 0 Å². The first-order valence-corrected chi connectivity index (χ1v) is 10.2. The summed E-state index contributed by atoms with van der Waals surface area (Å²) in [5.41, 5.74) is 2.78. The zero-order chi connectivity index (χ0) is 20.1. The van der Waals surface area contributed by atoms with E-state index in [-0.39, 0.29) is 11.8 Å². The predicted molar refractivity (Wildman–Crippen MR) is 114 cm³/mol. The van der Waals surface area contributed by atoms with E-state index in [9.17, 15) is 9.18 Å². The number of pyridine rings is 1. The quantitative estimate of drug-likeness (QED) is 0.409. The molecule has 0 radical (unpaired) electrons. The molecule has 28 heavy (non-hydrogen) atoms. The van der Waals surface area contributed by atoms with Gasteiger partial charge in [-0.1, -0.05) is 18.7 Å². The second-order valence-electron chi connectivity index (χ2n) is 6.82. The van der Waals surface area contributed by atoms with E-state index in [0.717, 1.165) is 46.2 Å². The molecule has 5 heteroatoms. The lowest BCUT2D eigenvalue weighted by molar-refractivity contribution is -0.148. The Bertz CT molecular complexity index is 960. The molecule has 2 aromatic rings. The van der Waals surface area contributed by atoms with Crippen LogP contribution in [-0.2, 0) is 9.53 Å². The van der Waals surface area contributed by atoms with Crippen molar-refractivity contribution in [3.63, 3.8) is 0 Å². The highest BCUT2D eigenvalue weighted by atomic mass is 32.2. The highest BCUT2D eigenvalue weighted by Crippen LogP contribution is 2.49. The van der Waals surface area contributed by atoms with Crippen LogP contribution in [0.1, 0.15) is 38.7 Å². The summed E-state index contributed by atoms with van der Waals surface area (Å²) < 4.78 is 18.2. The third-order valence-corrected chi connectivity index (χ3v) is 6.50. The summed E-state index contributed by atoms with van der Waals surface area (Å²) in [4.78, 5) is 18.0. The Morgan fingerprint density at radius 1 is 1.36 bits per heavy atom. The van der Waals surface area contributed by atoms with Crippen LogP contribution in [0.2, 0.25) is 0 Å². The Labute approximate surface area is 169 Å². The van der Waals surface area contributed by atoms with E-state index in [1.54, 1.807) is 24.0 Å². The van der Waals surface area contributed by atoms with Crippen LogP contribution >= 0.6 is 11.8 Å². The van der Waals surface area contributed by atoms with Gasteiger partial charge in [0.1, 0.15) is 10.6 Å². The van der Waals surface area contributed by atoms with Crippen molar-refractivity contribution < 1.29 is 13.9 Å².